The molecule has 0 bridgehead atoms. The summed E-state index contributed by atoms with van der Waals surface area (Å²) < 4.78 is 16.4. The number of anilines is 2. The molecule has 0 fully saturated rings. The van der Waals surface area contributed by atoms with Crippen LogP contribution in [-0.2, 0) is 6.54 Å². The molecule has 0 radical (unpaired) electrons. The zero-order chi connectivity index (χ0) is 29.8. The standard InChI is InChI=1S/C33H30N4O5/c1-19-23(18-35-22-15-26(40-2)32(42-4)27(16-22)41-3)24(34)17-25-28(19)29(30(38)20-11-7-5-8-12-20)37-33(36-25)31(39)21-13-9-6-10-14-21/h5-17,35H,18,34H2,1-4H3. The molecule has 0 amide bonds. The number of nitrogen functional groups attached to an aromatic ring is 1. The van der Waals surface area contributed by atoms with E-state index in [1.807, 2.05) is 19.1 Å². The van der Waals surface area contributed by atoms with E-state index in [0.717, 1.165) is 11.1 Å². The summed E-state index contributed by atoms with van der Waals surface area (Å²) in [5.41, 5.74) is 10.6. The molecule has 0 spiro atoms. The molecule has 0 unspecified atom stereocenters. The molecule has 5 rings (SSSR count). The summed E-state index contributed by atoms with van der Waals surface area (Å²) in [7, 11) is 4.64. The van der Waals surface area contributed by atoms with Crippen LogP contribution in [0.15, 0.2) is 78.9 Å². The Morgan fingerprint density at radius 2 is 1.36 bits per heavy atom. The van der Waals surface area contributed by atoms with Crippen LogP contribution in [0.5, 0.6) is 17.2 Å². The minimum absolute atomic E-state index is 0.0740. The lowest BCUT2D eigenvalue weighted by atomic mass is 9.96. The Morgan fingerprint density at radius 3 is 1.90 bits per heavy atom. The van der Waals surface area contributed by atoms with Crippen LogP contribution >= 0.6 is 0 Å². The van der Waals surface area contributed by atoms with Gasteiger partial charge in [-0.15, -0.1) is 0 Å². The molecule has 1 heterocycles. The van der Waals surface area contributed by atoms with Gasteiger partial charge in [0.2, 0.25) is 23.1 Å². The lowest BCUT2D eigenvalue weighted by molar-refractivity contribution is 0.102. The van der Waals surface area contributed by atoms with E-state index in [0.29, 0.717) is 57.2 Å². The highest BCUT2D eigenvalue weighted by Crippen LogP contribution is 2.40. The fourth-order valence-electron chi connectivity index (χ4n) is 4.87. The molecule has 0 aliphatic rings. The molecule has 1 aromatic heterocycles. The Hall–Kier alpha value is -5.44. The summed E-state index contributed by atoms with van der Waals surface area (Å²) in [5.74, 6) is 0.708. The summed E-state index contributed by atoms with van der Waals surface area (Å²) in [6, 6.07) is 22.8. The number of nitrogens with zero attached hydrogens (tertiary/aromatic N) is 2. The normalized spacial score (nSPS) is 10.8. The van der Waals surface area contributed by atoms with Gasteiger partial charge in [0.05, 0.1) is 26.8 Å². The third-order valence-corrected chi connectivity index (χ3v) is 7.03. The van der Waals surface area contributed by atoms with Gasteiger partial charge < -0.3 is 25.3 Å². The number of hydrogen-bond donors (Lipinski definition) is 2. The van der Waals surface area contributed by atoms with Crippen LogP contribution in [0.3, 0.4) is 0 Å². The average molecular weight is 563 g/mol. The second kappa shape index (κ2) is 12.0. The van der Waals surface area contributed by atoms with Crippen molar-refractivity contribution in [3.63, 3.8) is 0 Å². The summed E-state index contributed by atoms with van der Waals surface area (Å²) >= 11 is 0. The number of ketones is 2. The highest BCUT2D eigenvalue weighted by atomic mass is 16.5. The number of carbonyl (C=O) groups excluding carboxylic acids is 2. The Bertz CT molecular complexity index is 1770. The summed E-state index contributed by atoms with van der Waals surface area (Å²) in [5, 5.41) is 3.90. The van der Waals surface area contributed by atoms with E-state index < -0.39 is 0 Å². The van der Waals surface area contributed by atoms with Gasteiger partial charge in [0.25, 0.3) is 0 Å². The van der Waals surface area contributed by atoms with Gasteiger partial charge in [-0.1, -0.05) is 60.7 Å². The van der Waals surface area contributed by atoms with E-state index in [1.54, 1.807) is 88.1 Å². The summed E-state index contributed by atoms with van der Waals surface area (Å²) in [6.45, 7) is 2.19. The van der Waals surface area contributed by atoms with Crippen LogP contribution in [0.1, 0.15) is 43.4 Å². The van der Waals surface area contributed by atoms with Gasteiger partial charge in [-0.3, -0.25) is 9.59 Å². The molecule has 9 heteroatoms. The quantitative estimate of drug-likeness (QED) is 0.165. The molecule has 0 saturated heterocycles. The Labute approximate surface area is 243 Å². The lowest BCUT2D eigenvalue weighted by Crippen LogP contribution is -2.15. The molecular formula is C33H30N4O5. The van der Waals surface area contributed by atoms with Crippen molar-refractivity contribution in [1.82, 2.24) is 9.97 Å². The molecule has 0 saturated carbocycles. The molecule has 0 aliphatic carbocycles. The van der Waals surface area contributed by atoms with Gasteiger partial charge in [-0.25, -0.2) is 9.97 Å². The fraction of sp³-hybridized carbons (Fsp3) is 0.152. The van der Waals surface area contributed by atoms with Crippen LogP contribution < -0.4 is 25.3 Å². The number of aromatic nitrogens is 2. The van der Waals surface area contributed by atoms with Gasteiger partial charge in [-0.05, 0) is 24.1 Å². The van der Waals surface area contributed by atoms with Crippen molar-refractivity contribution < 1.29 is 23.8 Å². The summed E-state index contributed by atoms with van der Waals surface area (Å²) in [4.78, 5) is 36.3. The number of benzene rings is 4. The van der Waals surface area contributed by atoms with Crippen LogP contribution in [0.4, 0.5) is 11.4 Å². The first-order valence-electron chi connectivity index (χ1n) is 13.2. The van der Waals surface area contributed by atoms with Crippen molar-refractivity contribution in [2.45, 2.75) is 13.5 Å². The SMILES string of the molecule is COc1cc(NCc2c(N)cc3nc(C(=O)c4ccccc4)nc(C(=O)c4ccccc4)c3c2C)cc(OC)c1OC. The zero-order valence-corrected chi connectivity index (χ0v) is 23.7. The largest absolute Gasteiger partial charge is 0.493 e. The van der Waals surface area contributed by atoms with Crippen LogP contribution in [0.25, 0.3) is 10.9 Å². The molecule has 0 aliphatic heterocycles. The van der Waals surface area contributed by atoms with E-state index in [-0.39, 0.29) is 23.1 Å². The van der Waals surface area contributed by atoms with Crippen LogP contribution in [-0.4, -0.2) is 42.9 Å². The first kappa shape index (κ1) is 28.1. The molecule has 9 nitrogen and oxygen atoms in total. The zero-order valence-electron chi connectivity index (χ0n) is 23.7. The van der Waals surface area contributed by atoms with Crippen LogP contribution in [0.2, 0.25) is 0 Å². The maximum absolute atomic E-state index is 13.8. The highest BCUT2D eigenvalue weighted by molar-refractivity contribution is 6.17. The predicted molar refractivity (Wildman–Crippen MR) is 162 cm³/mol. The van der Waals surface area contributed by atoms with E-state index in [1.165, 1.54) is 0 Å². The van der Waals surface area contributed by atoms with Crippen LogP contribution in [0, 0.1) is 6.92 Å². The van der Waals surface area contributed by atoms with Gasteiger partial charge in [0, 0.05) is 46.6 Å². The fourth-order valence-corrected chi connectivity index (χ4v) is 4.87. The smallest absolute Gasteiger partial charge is 0.230 e. The van der Waals surface area contributed by atoms with Gasteiger partial charge in [0.1, 0.15) is 5.69 Å². The highest BCUT2D eigenvalue weighted by Gasteiger charge is 2.24. The number of carbonyl (C=O) groups is 2. The molecule has 3 N–H and O–H groups in total. The first-order chi connectivity index (χ1) is 20.4. The molecule has 42 heavy (non-hydrogen) atoms. The van der Waals surface area contributed by atoms with E-state index >= 15 is 0 Å². The van der Waals surface area contributed by atoms with Crippen molar-refractivity contribution in [2.24, 2.45) is 0 Å². The monoisotopic (exact) mass is 562 g/mol. The number of methoxy groups -OCH3 is 3. The molecular weight excluding hydrogens is 532 g/mol. The predicted octanol–water partition coefficient (Wildman–Crippen LogP) is 5.62. The number of fused-ring (bicyclic) bond motifs is 1. The maximum atomic E-state index is 13.8. The molecule has 5 aromatic rings. The second-order valence-corrected chi connectivity index (χ2v) is 9.52. The van der Waals surface area contributed by atoms with E-state index in [4.69, 9.17) is 19.9 Å². The van der Waals surface area contributed by atoms with Gasteiger partial charge in [0.15, 0.2) is 11.5 Å². The Balaban J connectivity index is 1.62. The van der Waals surface area contributed by atoms with Gasteiger partial charge in [-0.2, -0.15) is 0 Å². The number of hydrogen-bond acceptors (Lipinski definition) is 9. The number of rotatable bonds is 10. The number of ether oxygens (including phenoxy) is 3. The van der Waals surface area contributed by atoms with Crippen molar-refractivity contribution in [2.75, 3.05) is 32.4 Å². The Kier molecular flexibility index (Phi) is 8.01. The average Bonchev–Trinajstić information content (AvgIpc) is 3.03. The van der Waals surface area contributed by atoms with Crippen molar-refractivity contribution in [3.8, 4) is 17.2 Å². The van der Waals surface area contributed by atoms with Crippen molar-refractivity contribution in [1.29, 1.82) is 0 Å². The third kappa shape index (κ3) is 5.32. The number of aryl methyl sites for hydroxylation is 1. The topological polar surface area (TPSA) is 126 Å². The lowest BCUT2D eigenvalue weighted by Gasteiger charge is -2.18. The number of nitrogens with one attached hydrogen (secondary N) is 1. The molecule has 4 aromatic carbocycles. The van der Waals surface area contributed by atoms with Crippen molar-refractivity contribution >= 4 is 33.8 Å². The van der Waals surface area contributed by atoms with Crippen molar-refractivity contribution in [3.05, 3.63) is 113 Å². The number of nitrogens with two attached hydrogens (primary N) is 1. The first-order valence-corrected chi connectivity index (χ1v) is 13.2. The van der Waals surface area contributed by atoms with E-state index in [9.17, 15) is 9.59 Å². The minimum Gasteiger partial charge on any atom is -0.493 e. The molecule has 0 atom stereocenters. The van der Waals surface area contributed by atoms with E-state index in [2.05, 4.69) is 15.3 Å². The Morgan fingerprint density at radius 1 is 0.786 bits per heavy atom. The maximum Gasteiger partial charge on any atom is 0.230 e. The molecule has 212 valence electrons. The van der Waals surface area contributed by atoms with Gasteiger partial charge >= 0.3 is 0 Å². The summed E-state index contributed by atoms with van der Waals surface area (Å²) in [6.07, 6.45) is 0. The second-order valence-electron chi connectivity index (χ2n) is 9.52. The minimum atomic E-state index is -0.385. The third-order valence-electron chi connectivity index (χ3n) is 7.03.